The van der Waals surface area contributed by atoms with Crippen LogP contribution in [0.1, 0.15) is 17.0 Å². The van der Waals surface area contributed by atoms with Crippen LogP contribution in [0.15, 0.2) is 64.4 Å². The fraction of sp³-hybridized carbons (Fsp3) is 0.190. The first-order chi connectivity index (χ1) is 13.6. The highest BCUT2D eigenvalue weighted by atomic mass is 32.2. The Labute approximate surface area is 167 Å². The van der Waals surface area contributed by atoms with Gasteiger partial charge < -0.3 is 9.73 Å². The first-order valence-corrected chi connectivity index (χ1v) is 9.94. The van der Waals surface area contributed by atoms with Crippen molar-refractivity contribution in [3.05, 3.63) is 71.8 Å². The molecule has 28 heavy (non-hydrogen) atoms. The van der Waals surface area contributed by atoms with E-state index in [1.54, 1.807) is 12.3 Å². The number of benzene rings is 1. The zero-order valence-electron chi connectivity index (χ0n) is 15.7. The molecule has 1 aromatic carbocycles. The summed E-state index contributed by atoms with van der Waals surface area (Å²) < 4.78 is 7.08. The average Bonchev–Trinajstić information content (AvgIpc) is 3.33. The predicted octanol–water partition coefficient (Wildman–Crippen LogP) is 4.01. The molecule has 142 valence electrons. The highest BCUT2D eigenvalue weighted by molar-refractivity contribution is 7.99. The number of carbonyl (C=O) groups excluding carboxylic acids is 1. The molecule has 0 saturated heterocycles. The van der Waals surface area contributed by atoms with Crippen molar-refractivity contribution in [1.82, 2.24) is 19.9 Å². The van der Waals surface area contributed by atoms with E-state index in [0.29, 0.717) is 11.7 Å². The molecule has 0 atom stereocenters. The van der Waals surface area contributed by atoms with E-state index in [1.807, 2.05) is 53.9 Å². The van der Waals surface area contributed by atoms with Crippen LogP contribution in [0.4, 0.5) is 0 Å². The minimum atomic E-state index is -0.0798. The van der Waals surface area contributed by atoms with Crippen molar-refractivity contribution in [1.29, 1.82) is 0 Å². The van der Waals surface area contributed by atoms with Crippen LogP contribution in [-0.2, 0) is 11.3 Å². The van der Waals surface area contributed by atoms with Crippen molar-refractivity contribution in [2.75, 3.05) is 5.75 Å². The van der Waals surface area contributed by atoms with Crippen LogP contribution in [0.5, 0.6) is 0 Å². The van der Waals surface area contributed by atoms with Crippen LogP contribution >= 0.6 is 11.8 Å². The first-order valence-electron chi connectivity index (χ1n) is 8.96. The van der Waals surface area contributed by atoms with Crippen molar-refractivity contribution in [3.8, 4) is 11.3 Å². The molecule has 0 aliphatic rings. The molecule has 7 heteroatoms. The summed E-state index contributed by atoms with van der Waals surface area (Å²) in [5.41, 5.74) is 4.89. The number of carbonyl (C=O) groups is 1. The summed E-state index contributed by atoms with van der Waals surface area (Å²) in [4.78, 5) is 17.0. The molecule has 3 aromatic heterocycles. The number of fused-ring (bicyclic) bond motifs is 1. The highest BCUT2D eigenvalue weighted by Crippen LogP contribution is 2.30. The Morgan fingerprint density at radius 2 is 2.00 bits per heavy atom. The summed E-state index contributed by atoms with van der Waals surface area (Å²) in [5, 5.41) is 8.19. The number of furan rings is 1. The summed E-state index contributed by atoms with van der Waals surface area (Å²) in [6.07, 6.45) is 1.59. The quantitative estimate of drug-likeness (QED) is 0.502. The molecule has 0 fully saturated rings. The second-order valence-corrected chi connectivity index (χ2v) is 7.43. The van der Waals surface area contributed by atoms with Crippen molar-refractivity contribution in [3.63, 3.8) is 0 Å². The number of nitrogens with one attached hydrogen (secondary N) is 1. The maximum Gasteiger partial charge on any atom is 0.230 e. The Kier molecular flexibility index (Phi) is 5.16. The van der Waals surface area contributed by atoms with E-state index in [1.165, 1.54) is 11.8 Å². The maximum atomic E-state index is 12.2. The number of hydrogen-bond acceptors (Lipinski definition) is 5. The van der Waals surface area contributed by atoms with E-state index < -0.39 is 0 Å². The summed E-state index contributed by atoms with van der Waals surface area (Å²) in [7, 11) is 0. The molecule has 3 heterocycles. The minimum absolute atomic E-state index is 0.0798. The van der Waals surface area contributed by atoms with Gasteiger partial charge in [0.25, 0.3) is 0 Å². The van der Waals surface area contributed by atoms with E-state index in [9.17, 15) is 4.79 Å². The van der Waals surface area contributed by atoms with Crippen molar-refractivity contribution >= 4 is 23.2 Å². The van der Waals surface area contributed by atoms with Gasteiger partial charge in [-0.3, -0.25) is 4.79 Å². The van der Waals surface area contributed by atoms with Gasteiger partial charge in [-0.05, 0) is 37.6 Å². The molecular formula is C21H20N4O2S. The summed E-state index contributed by atoms with van der Waals surface area (Å²) in [6, 6.07) is 15.7. The van der Waals surface area contributed by atoms with Gasteiger partial charge in [-0.2, -0.15) is 5.10 Å². The topological polar surface area (TPSA) is 72.4 Å². The third-order valence-corrected chi connectivity index (χ3v) is 5.23. The molecule has 6 nitrogen and oxygen atoms in total. The molecule has 0 radical (unpaired) electrons. The van der Waals surface area contributed by atoms with E-state index >= 15 is 0 Å². The lowest BCUT2D eigenvalue weighted by molar-refractivity contribution is -0.118. The number of thioether (sulfide) groups is 1. The van der Waals surface area contributed by atoms with Gasteiger partial charge in [-0.1, -0.05) is 42.1 Å². The maximum absolute atomic E-state index is 12.2. The third kappa shape index (κ3) is 3.80. The molecule has 0 spiro atoms. The summed E-state index contributed by atoms with van der Waals surface area (Å²) in [6.45, 7) is 4.39. The van der Waals surface area contributed by atoms with Crippen LogP contribution in [0.2, 0.25) is 0 Å². The lowest BCUT2D eigenvalue weighted by atomic mass is 10.1. The molecule has 1 amide bonds. The second-order valence-electron chi connectivity index (χ2n) is 6.48. The highest BCUT2D eigenvalue weighted by Gasteiger charge is 2.17. The Morgan fingerprint density at radius 1 is 1.18 bits per heavy atom. The zero-order valence-corrected chi connectivity index (χ0v) is 16.5. The van der Waals surface area contributed by atoms with Crippen LogP contribution in [0.3, 0.4) is 0 Å². The SMILES string of the molecule is Cc1cc(C)c2c(-c3ccccc3)nc(SCC(=O)NCc3ccco3)n2n1. The summed E-state index contributed by atoms with van der Waals surface area (Å²) in [5.74, 6) is 0.899. The fourth-order valence-electron chi connectivity index (χ4n) is 3.08. The molecule has 0 aliphatic carbocycles. The van der Waals surface area contributed by atoms with E-state index in [4.69, 9.17) is 9.40 Å². The van der Waals surface area contributed by atoms with Crippen molar-refractivity contribution in [2.45, 2.75) is 25.5 Å². The van der Waals surface area contributed by atoms with E-state index in [0.717, 1.165) is 33.8 Å². The van der Waals surface area contributed by atoms with Crippen LogP contribution in [0.25, 0.3) is 16.8 Å². The third-order valence-electron chi connectivity index (χ3n) is 4.30. The molecule has 4 rings (SSSR count). The standard InChI is InChI=1S/C21H20N4O2S/c1-14-11-15(2)24-25-20(14)19(16-7-4-3-5-8-16)23-21(25)28-13-18(26)22-12-17-9-6-10-27-17/h3-11H,12-13H2,1-2H3,(H,22,26). The van der Waals surface area contributed by atoms with Crippen molar-refractivity contribution in [2.24, 2.45) is 0 Å². The summed E-state index contributed by atoms with van der Waals surface area (Å²) >= 11 is 1.37. The normalized spacial score (nSPS) is 11.1. The molecular weight excluding hydrogens is 372 g/mol. The van der Waals surface area contributed by atoms with Gasteiger partial charge in [0.15, 0.2) is 5.16 Å². The van der Waals surface area contributed by atoms with Gasteiger partial charge >= 0.3 is 0 Å². The number of amides is 1. The monoisotopic (exact) mass is 392 g/mol. The zero-order chi connectivity index (χ0) is 19.5. The van der Waals surface area contributed by atoms with Crippen LogP contribution in [-0.4, -0.2) is 26.3 Å². The predicted molar refractivity (Wildman–Crippen MR) is 109 cm³/mol. The van der Waals surface area contributed by atoms with Crippen LogP contribution in [0, 0.1) is 13.8 Å². The van der Waals surface area contributed by atoms with E-state index in [-0.39, 0.29) is 11.7 Å². The number of hydrogen-bond donors (Lipinski definition) is 1. The molecule has 0 bridgehead atoms. The molecule has 0 aliphatic heterocycles. The van der Waals surface area contributed by atoms with Gasteiger partial charge in [0, 0.05) is 5.56 Å². The Balaban J connectivity index is 1.59. The number of aromatic nitrogens is 3. The Bertz CT molecular complexity index is 1100. The van der Waals surface area contributed by atoms with Crippen molar-refractivity contribution < 1.29 is 9.21 Å². The fourth-order valence-corrected chi connectivity index (χ4v) is 3.85. The van der Waals surface area contributed by atoms with Gasteiger partial charge in [0.1, 0.15) is 5.76 Å². The molecule has 0 saturated carbocycles. The molecule has 1 N–H and O–H groups in total. The van der Waals surface area contributed by atoms with Gasteiger partial charge in [-0.25, -0.2) is 9.50 Å². The largest absolute Gasteiger partial charge is 0.467 e. The number of nitrogens with zero attached hydrogens (tertiary/aromatic N) is 3. The number of aryl methyl sites for hydroxylation is 2. The smallest absolute Gasteiger partial charge is 0.230 e. The van der Waals surface area contributed by atoms with Gasteiger partial charge in [-0.15, -0.1) is 0 Å². The average molecular weight is 392 g/mol. The van der Waals surface area contributed by atoms with E-state index in [2.05, 4.69) is 17.3 Å². The molecule has 0 unspecified atom stereocenters. The molecule has 4 aromatic rings. The Hall–Kier alpha value is -3.06. The number of imidazole rings is 1. The van der Waals surface area contributed by atoms with Crippen LogP contribution < -0.4 is 5.32 Å². The van der Waals surface area contributed by atoms with Gasteiger partial charge in [0.2, 0.25) is 5.91 Å². The lowest BCUT2D eigenvalue weighted by Crippen LogP contribution is -2.24. The minimum Gasteiger partial charge on any atom is -0.467 e. The first kappa shape index (κ1) is 18.3. The Morgan fingerprint density at radius 3 is 2.75 bits per heavy atom. The lowest BCUT2D eigenvalue weighted by Gasteiger charge is -2.05. The second kappa shape index (κ2) is 7.90. The number of rotatable bonds is 6. The van der Waals surface area contributed by atoms with Gasteiger partial charge in [0.05, 0.1) is 35.5 Å².